The molecule has 7 aromatic carbocycles. The first-order chi connectivity index (χ1) is 36.2. The highest BCUT2D eigenvalue weighted by molar-refractivity contribution is 7.93. The number of sulfone groups is 1. The topological polar surface area (TPSA) is 320 Å². The van der Waals surface area contributed by atoms with E-state index in [2.05, 4.69) is 24.4 Å². The maximum absolute atomic E-state index is 14.5. The van der Waals surface area contributed by atoms with E-state index < -0.39 is 72.0 Å². The number of methoxy groups -OCH3 is 1. The lowest BCUT2D eigenvalue weighted by molar-refractivity contribution is -0.385. The van der Waals surface area contributed by atoms with Crippen molar-refractivity contribution in [3.05, 3.63) is 159 Å². The zero-order chi connectivity index (χ0) is 56.2. The number of carbonyl (C=O) groups excluding carboxylic acids is 1. The second kappa shape index (κ2) is 22.6. The first-order valence-electron chi connectivity index (χ1n) is 23.0. The number of hydrogen-bond donors (Lipinski definition) is 5. The highest BCUT2D eigenvalue weighted by atomic mass is 32.2. The number of sulfonamides is 3. The molecule has 7 rings (SSSR count). The Balaban J connectivity index is 1.29. The first-order valence-corrected chi connectivity index (χ1v) is 29.7. The van der Waals surface area contributed by atoms with E-state index in [1.807, 2.05) is 0 Å². The molecule has 5 N–H and O–H groups in total. The molecule has 0 bridgehead atoms. The molecule has 0 fully saturated rings. The number of rotatable bonds is 21. The van der Waals surface area contributed by atoms with Gasteiger partial charge in [0, 0.05) is 54.2 Å². The van der Waals surface area contributed by atoms with Gasteiger partial charge in [-0.15, -0.1) is 10.2 Å². The minimum absolute atomic E-state index is 0.0517. The minimum Gasteiger partial charge on any atom is -0.506 e. The van der Waals surface area contributed by atoms with Crippen LogP contribution in [-0.2, 0) is 51.1 Å². The van der Waals surface area contributed by atoms with E-state index in [1.165, 1.54) is 90.9 Å². The molecular formula is C51H51N7O15S4. The van der Waals surface area contributed by atoms with E-state index in [0.29, 0.717) is 27.9 Å². The van der Waals surface area contributed by atoms with E-state index in [1.54, 1.807) is 39.0 Å². The van der Waals surface area contributed by atoms with Gasteiger partial charge in [-0.05, 0) is 128 Å². The number of ether oxygens (including phenoxy) is 2. The SMILES string of the molecule is CCN(C(=O)c1cc(N=Nc2ccc([N+](=O)[O-])cc2S(C)(=O)=O)c2c(Cc3cccc(S(=O)(=O)Nc4ccc(OCCOC)c(S(=O)(=O)Nc5cc(C)c(C)cc5O)c4)c3)cccc2c1O)c1ccc(NS(C)(=O)=O)cc1. The second-order valence-electron chi connectivity index (χ2n) is 17.5. The van der Waals surface area contributed by atoms with E-state index >= 15 is 0 Å². The van der Waals surface area contributed by atoms with Crippen LogP contribution in [0.25, 0.3) is 10.8 Å². The number of carbonyl (C=O) groups is 1. The Bertz CT molecular complexity index is 3970. The monoisotopic (exact) mass is 1130 g/mol. The standard InChI is InChI=1S/C51H51N7O15S4/c1-7-57(37-17-14-35(15-18-37)54-75(6,66)67)51(61)41-30-44(53-52-42-20-19-38(58(62)63)29-47(42)74(5,64)65)49-34(11-9-13-40(49)50(41)60)26-33-10-8-12-39(27-33)76(68,69)55-36-16-21-46(73-23-22-72-4)48(28-36)77(70,71)56-43-24-31(2)32(3)25-45(43)59/h8-21,24-25,27-30,54-56,59-60H,7,22-23,26H2,1-6H3. The summed E-state index contributed by atoms with van der Waals surface area (Å²) < 4.78 is 124. The maximum Gasteiger partial charge on any atom is 0.270 e. The summed E-state index contributed by atoms with van der Waals surface area (Å²) >= 11 is 0. The van der Waals surface area contributed by atoms with Crippen LogP contribution in [0.5, 0.6) is 17.2 Å². The van der Waals surface area contributed by atoms with Crippen LogP contribution in [0.4, 0.5) is 39.8 Å². The summed E-state index contributed by atoms with van der Waals surface area (Å²) in [5.74, 6) is -1.70. The molecule has 0 spiro atoms. The first kappa shape index (κ1) is 56.6. The fourth-order valence-electron chi connectivity index (χ4n) is 8.00. The lowest BCUT2D eigenvalue weighted by atomic mass is 9.94. The molecule has 26 heteroatoms. The smallest absolute Gasteiger partial charge is 0.270 e. The van der Waals surface area contributed by atoms with Crippen molar-refractivity contribution in [3.8, 4) is 17.2 Å². The van der Waals surface area contributed by atoms with Crippen molar-refractivity contribution in [1.29, 1.82) is 0 Å². The van der Waals surface area contributed by atoms with Crippen molar-refractivity contribution in [2.24, 2.45) is 10.2 Å². The molecule has 0 aliphatic heterocycles. The van der Waals surface area contributed by atoms with E-state index in [-0.39, 0.29) is 87.3 Å². The Labute approximate surface area is 444 Å². The number of fused-ring (bicyclic) bond motifs is 1. The molecule has 77 heavy (non-hydrogen) atoms. The summed E-state index contributed by atoms with van der Waals surface area (Å²) in [5, 5.41) is 43.0. The number of nitrogens with zero attached hydrogens (tertiary/aromatic N) is 4. The number of azo groups is 1. The molecule has 0 atom stereocenters. The molecule has 0 saturated heterocycles. The number of non-ortho nitro benzene ring substituents is 1. The van der Waals surface area contributed by atoms with E-state index in [4.69, 9.17) is 9.47 Å². The molecule has 0 saturated carbocycles. The molecule has 0 aliphatic rings. The molecule has 22 nitrogen and oxygen atoms in total. The number of anilines is 4. The van der Waals surface area contributed by atoms with Crippen LogP contribution in [0.15, 0.2) is 146 Å². The molecule has 0 radical (unpaired) electrons. The minimum atomic E-state index is -4.54. The van der Waals surface area contributed by atoms with Crippen LogP contribution in [0.3, 0.4) is 0 Å². The van der Waals surface area contributed by atoms with Gasteiger partial charge in [-0.25, -0.2) is 33.7 Å². The van der Waals surface area contributed by atoms with E-state index in [0.717, 1.165) is 36.8 Å². The number of phenols is 2. The van der Waals surface area contributed by atoms with Crippen LogP contribution in [-0.4, -0.2) is 94.1 Å². The summed E-state index contributed by atoms with van der Waals surface area (Å²) in [6.07, 6.45) is 1.76. The molecule has 1 amide bonds. The summed E-state index contributed by atoms with van der Waals surface area (Å²) in [7, 11) is -15.4. The number of nitrogens with one attached hydrogen (secondary N) is 3. The van der Waals surface area contributed by atoms with Crippen molar-refractivity contribution in [2.75, 3.05) is 58.4 Å². The zero-order valence-electron chi connectivity index (χ0n) is 42.0. The van der Waals surface area contributed by atoms with Gasteiger partial charge in [0.2, 0.25) is 10.0 Å². The van der Waals surface area contributed by atoms with Gasteiger partial charge in [0.1, 0.15) is 39.3 Å². The summed E-state index contributed by atoms with van der Waals surface area (Å²) in [4.78, 5) is 25.4. The molecule has 0 aliphatic carbocycles. The molecule has 404 valence electrons. The van der Waals surface area contributed by atoms with Gasteiger partial charge in [0.25, 0.3) is 31.6 Å². The van der Waals surface area contributed by atoms with E-state index in [9.17, 15) is 58.8 Å². The largest absolute Gasteiger partial charge is 0.506 e. The normalized spacial score (nSPS) is 12.1. The van der Waals surface area contributed by atoms with Gasteiger partial charge < -0.3 is 24.6 Å². The number of nitro benzene ring substituents is 1. The second-order valence-corrected chi connectivity index (χ2v) is 24.5. The average molecular weight is 1130 g/mol. The van der Waals surface area contributed by atoms with Crippen molar-refractivity contribution >= 4 is 96.4 Å². The zero-order valence-corrected chi connectivity index (χ0v) is 45.3. The number of amides is 1. The predicted molar refractivity (Wildman–Crippen MR) is 291 cm³/mol. The number of nitro groups is 1. The van der Waals surface area contributed by atoms with Crippen LogP contribution < -0.4 is 23.8 Å². The summed E-state index contributed by atoms with van der Waals surface area (Å²) in [6.45, 7) is 5.24. The van der Waals surface area contributed by atoms with Gasteiger partial charge in [0.05, 0.1) is 45.3 Å². The number of benzene rings is 7. The highest BCUT2D eigenvalue weighted by Gasteiger charge is 2.27. The average Bonchev–Trinajstić information content (AvgIpc) is 3.39. The quantitative estimate of drug-likeness (QED) is 0.0147. The van der Waals surface area contributed by atoms with Gasteiger partial charge in [-0.3, -0.25) is 29.1 Å². The molecule has 0 aromatic heterocycles. The van der Waals surface area contributed by atoms with Crippen LogP contribution in [0, 0.1) is 24.0 Å². The van der Waals surface area contributed by atoms with Crippen molar-refractivity contribution in [2.45, 2.75) is 41.9 Å². The third-order valence-electron chi connectivity index (χ3n) is 11.8. The molecule has 0 heterocycles. The van der Waals surface area contributed by atoms with Crippen LogP contribution in [0.2, 0.25) is 0 Å². The lowest BCUT2D eigenvalue weighted by Crippen LogP contribution is -2.30. The van der Waals surface area contributed by atoms with Gasteiger partial charge in [-0.2, -0.15) is 0 Å². The Morgan fingerprint density at radius 2 is 1.39 bits per heavy atom. The fraction of sp³-hybridized carbons (Fsp3) is 0.196. The van der Waals surface area contributed by atoms with Gasteiger partial charge in [0.15, 0.2) is 9.84 Å². The number of aromatic hydroxyl groups is 2. The van der Waals surface area contributed by atoms with Gasteiger partial charge >= 0.3 is 0 Å². The number of aryl methyl sites for hydroxylation is 2. The summed E-state index contributed by atoms with van der Waals surface area (Å²) in [6, 6.07) is 27.0. The number of hydrogen-bond acceptors (Lipinski definition) is 17. The molecular weight excluding hydrogens is 1080 g/mol. The van der Waals surface area contributed by atoms with Crippen LogP contribution in [0.1, 0.15) is 39.5 Å². The third-order valence-corrected chi connectivity index (χ3v) is 16.3. The Morgan fingerprint density at radius 3 is 2.05 bits per heavy atom. The Hall–Kier alpha value is -8.17. The highest BCUT2D eigenvalue weighted by Crippen LogP contribution is 2.42. The number of phenolic OH excluding ortho intramolecular Hbond substituents is 2. The molecule has 0 unspecified atom stereocenters. The Kier molecular flexibility index (Phi) is 16.6. The van der Waals surface area contributed by atoms with Crippen molar-refractivity contribution in [1.82, 2.24) is 0 Å². The predicted octanol–water partition coefficient (Wildman–Crippen LogP) is 8.85. The molecule has 7 aromatic rings. The van der Waals surface area contributed by atoms with Crippen molar-refractivity contribution < 1.29 is 63.1 Å². The van der Waals surface area contributed by atoms with Crippen LogP contribution >= 0.6 is 0 Å². The third kappa shape index (κ3) is 13.3. The lowest BCUT2D eigenvalue weighted by Gasteiger charge is -2.23. The maximum atomic E-state index is 14.5. The summed E-state index contributed by atoms with van der Waals surface area (Å²) in [5.41, 5.74) is 1.28. The van der Waals surface area contributed by atoms with Gasteiger partial charge in [-0.1, -0.05) is 30.3 Å². The fourth-order valence-corrected chi connectivity index (χ4v) is 11.7. The van der Waals surface area contributed by atoms with Crippen molar-refractivity contribution in [3.63, 3.8) is 0 Å². The Morgan fingerprint density at radius 1 is 0.714 bits per heavy atom.